The normalized spacial score (nSPS) is 19.6. The van der Waals surface area contributed by atoms with Crippen LogP contribution in [0.5, 0.6) is 0 Å². The second-order valence-electron chi connectivity index (χ2n) is 6.11. The van der Waals surface area contributed by atoms with Gasteiger partial charge in [-0.3, -0.25) is 4.79 Å². The minimum absolute atomic E-state index is 0.0114. The number of amides is 1. The largest absolute Gasteiger partial charge is 0.416 e. The highest BCUT2D eigenvalue weighted by atomic mass is 19.4. The summed E-state index contributed by atoms with van der Waals surface area (Å²) in [6.45, 7) is 0.535. The van der Waals surface area contributed by atoms with Gasteiger partial charge < -0.3 is 10.3 Å². The minimum atomic E-state index is -4.34. The van der Waals surface area contributed by atoms with Crippen molar-refractivity contribution >= 4 is 12.0 Å². The molecule has 1 aromatic heterocycles. The van der Waals surface area contributed by atoms with Crippen LogP contribution in [-0.2, 0) is 17.4 Å². The predicted molar refractivity (Wildman–Crippen MR) is 84.3 cm³/mol. The highest BCUT2D eigenvalue weighted by Crippen LogP contribution is 2.40. The molecule has 124 valence electrons. The van der Waals surface area contributed by atoms with Crippen molar-refractivity contribution in [1.82, 2.24) is 10.3 Å². The van der Waals surface area contributed by atoms with E-state index in [4.69, 9.17) is 0 Å². The molecule has 0 fully saturated rings. The zero-order valence-electron chi connectivity index (χ0n) is 12.7. The molecule has 0 radical (unpaired) electrons. The van der Waals surface area contributed by atoms with Crippen LogP contribution in [-0.4, -0.2) is 17.4 Å². The molecule has 1 aliphatic heterocycles. The molecule has 1 atom stereocenters. The van der Waals surface area contributed by atoms with Gasteiger partial charge in [-0.25, -0.2) is 0 Å². The molecule has 2 heterocycles. The Kier molecular flexibility index (Phi) is 3.30. The third kappa shape index (κ3) is 2.33. The van der Waals surface area contributed by atoms with E-state index < -0.39 is 11.7 Å². The fourth-order valence-electron chi connectivity index (χ4n) is 3.55. The first-order chi connectivity index (χ1) is 11.4. The van der Waals surface area contributed by atoms with Crippen LogP contribution in [0.3, 0.4) is 0 Å². The van der Waals surface area contributed by atoms with Gasteiger partial charge in [0.15, 0.2) is 0 Å². The first-order valence-corrected chi connectivity index (χ1v) is 7.82. The van der Waals surface area contributed by atoms with Crippen molar-refractivity contribution in [2.75, 3.05) is 6.54 Å². The average Bonchev–Trinajstić information content (AvgIpc) is 2.83. The molecule has 0 saturated carbocycles. The zero-order chi connectivity index (χ0) is 16.9. The molecule has 2 aliphatic rings. The lowest BCUT2D eigenvalue weighted by Gasteiger charge is -2.16. The van der Waals surface area contributed by atoms with Crippen LogP contribution in [0.4, 0.5) is 13.2 Å². The van der Waals surface area contributed by atoms with Crippen LogP contribution in [0.1, 0.15) is 34.7 Å². The van der Waals surface area contributed by atoms with E-state index in [1.165, 1.54) is 12.1 Å². The number of hydrogen-bond donors (Lipinski definition) is 2. The number of aromatic nitrogens is 1. The summed E-state index contributed by atoms with van der Waals surface area (Å²) in [5, 5.41) is 2.91. The maximum absolute atomic E-state index is 12.7. The summed E-state index contributed by atoms with van der Waals surface area (Å²) in [5.41, 5.74) is 3.74. The maximum atomic E-state index is 12.7. The highest BCUT2D eigenvalue weighted by Gasteiger charge is 2.33. The number of benzene rings is 1. The van der Waals surface area contributed by atoms with Gasteiger partial charge in [0, 0.05) is 17.9 Å². The van der Waals surface area contributed by atoms with Crippen molar-refractivity contribution in [1.29, 1.82) is 0 Å². The SMILES string of the molecule is O=C1NCCc2c(-c3ccc(C(F)(F)F)cc3)[nH]c3c2C1CC=C3. The standard InChI is InChI=1S/C18H15F3N2O/c19-18(20,21)11-6-4-10(5-7-11)16-12-8-9-22-17(24)13-2-1-3-14(23-16)15(12)13/h1,3-7,13,23H,2,8-9H2,(H,22,24). The van der Waals surface area contributed by atoms with Gasteiger partial charge >= 0.3 is 6.18 Å². The second-order valence-corrected chi connectivity index (χ2v) is 6.11. The fraction of sp³-hybridized carbons (Fsp3) is 0.278. The molecule has 1 aromatic carbocycles. The van der Waals surface area contributed by atoms with Crippen LogP contribution < -0.4 is 5.32 Å². The Labute approximate surface area is 136 Å². The lowest BCUT2D eigenvalue weighted by atomic mass is 9.87. The molecule has 3 nitrogen and oxygen atoms in total. The molecule has 1 amide bonds. The third-order valence-corrected chi connectivity index (χ3v) is 4.67. The summed E-state index contributed by atoms with van der Waals surface area (Å²) in [5.74, 6) is -0.209. The van der Waals surface area contributed by atoms with E-state index in [2.05, 4.69) is 10.3 Å². The second kappa shape index (κ2) is 5.26. The fourth-order valence-corrected chi connectivity index (χ4v) is 3.55. The summed E-state index contributed by atoms with van der Waals surface area (Å²) >= 11 is 0. The Morgan fingerprint density at radius 2 is 1.88 bits per heavy atom. The van der Waals surface area contributed by atoms with Crippen molar-refractivity contribution in [2.45, 2.75) is 24.9 Å². The molecule has 1 unspecified atom stereocenters. The summed E-state index contributed by atoms with van der Waals surface area (Å²) in [6.07, 6.45) is 0.869. The van der Waals surface area contributed by atoms with Crippen LogP contribution in [0.25, 0.3) is 17.3 Å². The average molecular weight is 332 g/mol. The number of allylic oxidation sites excluding steroid dienone is 1. The maximum Gasteiger partial charge on any atom is 0.416 e. The summed E-state index contributed by atoms with van der Waals surface area (Å²) in [7, 11) is 0. The molecular formula is C18H15F3N2O. The number of alkyl halides is 3. The quantitative estimate of drug-likeness (QED) is 0.818. The van der Waals surface area contributed by atoms with E-state index in [1.807, 2.05) is 12.2 Å². The van der Waals surface area contributed by atoms with Crippen molar-refractivity contribution in [3.05, 3.63) is 52.7 Å². The Hall–Kier alpha value is -2.50. The topological polar surface area (TPSA) is 44.9 Å². The van der Waals surface area contributed by atoms with Gasteiger partial charge in [0.25, 0.3) is 0 Å². The number of carbonyl (C=O) groups is 1. The molecule has 24 heavy (non-hydrogen) atoms. The molecule has 2 N–H and O–H groups in total. The summed E-state index contributed by atoms with van der Waals surface area (Å²) < 4.78 is 38.2. The van der Waals surface area contributed by atoms with Gasteiger partial charge in [0.05, 0.1) is 11.5 Å². The summed E-state index contributed by atoms with van der Waals surface area (Å²) in [4.78, 5) is 15.5. The van der Waals surface area contributed by atoms with Crippen molar-refractivity contribution < 1.29 is 18.0 Å². The van der Waals surface area contributed by atoms with Gasteiger partial charge in [0.1, 0.15) is 0 Å². The molecule has 2 aromatic rings. The molecule has 0 spiro atoms. The molecule has 0 bridgehead atoms. The van der Waals surface area contributed by atoms with Gasteiger partial charge in [-0.1, -0.05) is 18.2 Å². The first-order valence-electron chi connectivity index (χ1n) is 7.82. The predicted octanol–water partition coefficient (Wildman–Crippen LogP) is 3.87. The lowest BCUT2D eigenvalue weighted by Crippen LogP contribution is -2.28. The molecule has 1 aliphatic carbocycles. The van der Waals surface area contributed by atoms with E-state index in [9.17, 15) is 18.0 Å². The Morgan fingerprint density at radius 1 is 1.12 bits per heavy atom. The van der Waals surface area contributed by atoms with Crippen molar-refractivity contribution in [3.63, 3.8) is 0 Å². The van der Waals surface area contributed by atoms with Crippen LogP contribution in [0.15, 0.2) is 30.3 Å². The Morgan fingerprint density at radius 3 is 2.58 bits per heavy atom. The van der Waals surface area contributed by atoms with Gasteiger partial charge in [-0.05, 0) is 47.7 Å². The minimum Gasteiger partial charge on any atom is -0.355 e. The van der Waals surface area contributed by atoms with Crippen molar-refractivity contribution in [3.8, 4) is 11.3 Å². The van der Waals surface area contributed by atoms with Gasteiger partial charge in [-0.2, -0.15) is 13.2 Å². The molecule has 4 rings (SSSR count). The molecule has 0 saturated heterocycles. The van der Waals surface area contributed by atoms with Crippen LogP contribution in [0.2, 0.25) is 0 Å². The van der Waals surface area contributed by atoms with E-state index in [1.54, 1.807) is 0 Å². The lowest BCUT2D eigenvalue weighted by molar-refractivity contribution is -0.137. The van der Waals surface area contributed by atoms with Crippen molar-refractivity contribution in [2.24, 2.45) is 0 Å². The van der Waals surface area contributed by atoms with E-state index in [0.29, 0.717) is 24.9 Å². The molecule has 6 heteroatoms. The number of aromatic amines is 1. The smallest absolute Gasteiger partial charge is 0.355 e. The van der Waals surface area contributed by atoms with E-state index in [0.717, 1.165) is 34.6 Å². The number of H-pyrrole nitrogens is 1. The number of carbonyl (C=O) groups excluding carboxylic acids is 1. The number of rotatable bonds is 1. The van der Waals surface area contributed by atoms with Gasteiger partial charge in [0.2, 0.25) is 5.91 Å². The highest BCUT2D eigenvalue weighted by molar-refractivity contribution is 5.89. The number of halogens is 3. The van der Waals surface area contributed by atoms with E-state index >= 15 is 0 Å². The molecular weight excluding hydrogens is 317 g/mol. The Balaban J connectivity index is 1.82. The monoisotopic (exact) mass is 332 g/mol. The van der Waals surface area contributed by atoms with Crippen LogP contribution >= 0.6 is 0 Å². The van der Waals surface area contributed by atoms with Crippen LogP contribution in [0, 0.1) is 0 Å². The van der Waals surface area contributed by atoms with E-state index in [-0.39, 0.29) is 11.8 Å². The first kappa shape index (κ1) is 15.1. The summed E-state index contributed by atoms with van der Waals surface area (Å²) in [6, 6.07) is 5.15. The zero-order valence-corrected chi connectivity index (χ0v) is 12.7. The number of nitrogens with one attached hydrogen (secondary N) is 2. The Bertz CT molecular complexity index is 831. The number of hydrogen-bond acceptors (Lipinski definition) is 1. The third-order valence-electron chi connectivity index (χ3n) is 4.67. The van der Waals surface area contributed by atoms with Gasteiger partial charge in [-0.15, -0.1) is 0 Å².